The van der Waals surface area contributed by atoms with Gasteiger partial charge in [0, 0.05) is 17.0 Å². The molecule has 0 spiro atoms. The highest BCUT2D eigenvalue weighted by molar-refractivity contribution is 7.92. The monoisotopic (exact) mass is 452 g/mol. The molecule has 0 atom stereocenters. The Labute approximate surface area is 178 Å². The summed E-state index contributed by atoms with van der Waals surface area (Å²) in [6, 6.07) is 8.73. The first kappa shape index (κ1) is 20.9. The number of hydrogen-bond acceptors (Lipinski definition) is 5. The molecule has 0 unspecified atom stereocenters. The van der Waals surface area contributed by atoms with Crippen LogP contribution in [0, 0.1) is 17.6 Å². The minimum absolute atomic E-state index is 0.0333. The Bertz CT molecular complexity index is 1130. The Morgan fingerprint density at radius 3 is 2.43 bits per heavy atom. The van der Waals surface area contributed by atoms with E-state index >= 15 is 0 Å². The summed E-state index contributed by atoms with van der Waals surface area (Å²) in [5, 5.41) is 7.93. The molecule has 1 fully saturated rings. The van der Waals surface area contributed by atoms with Crippen LogP contribution < -0.4 is 0 Å². The fourth-order valence-electron chi connectivity index (χ4n) is 4.25. The molecule has 9 heteroatoms. The second-order valence-corrected chi connectivity index (χ2v) is 10.3. The number of sulfone groups is 1. The molecule has 158 valence electrons. The first-order valence-electron chi connectivity index (χ1n) is 9.52. The molecular weight excluding hydrogens is 434 g/mol. The molecule has 0 amide bonds. The van der Waals surface area contributed by atoms with Gasteiger partial charge in [0.1, 0.15) is 16.4 Å². The van der Waals surface area contributed by atoms with Gasteiger partial charge in [-0.25, -0.2) is 17.2 Å². The predicted molar refractivity (Wildman–Crippen MR) is 107 cm³/mol. The average molecular weight is 453 g/mol. The zero-order chi connectivity index (χ0) is 21.4. The summed E-state index contributed by atoms with van der Waals surface area (Å²) in [6.45, 7) is 0. The van der Waals surface area contributed by atoms with Gasteiger partial charge in [0.2, 0.25) is 12.3 Å². The topological polar surface area (TPSA) is 73.1 Å². The maximum Gasteiger partial charge on any atom is 0.216 e. The van der Waals surface area contributed by atoms with Crippen LogP contribution in [-0.2, 0) is 21.0 Å². The highest BCUT2D eigenvalue weighted by Crippen LogP contribution is 2.49. The number of hydrogen-bond donors (Lipinski definition) is 0. The molecule has 0 N–H and O–H groups in total. The fraction of sp³-hybridized carbons (Fsp3) is 0.333. The van der Waals surface area contributed by atoms with E-state index in [2.05, 4.69) is 10.2 Å². The number of aromatic nitrogens is 2. The van der Waals surface area contributed by atoms with E-state index in [4.69, 9.17) is 16.0 Å². The van der Waals surface area contributed by atoms with E-state index in [0.29, 0.717) is 30.2 Å². The van der Waals surface area contributed by atoms with E-state index < -0.39 is 26.2 Å². The highest BCUT2D eigenvalue weighted by Gasteiger charge is 2.50. The smallest absolute Gasteiger partial charge is 0.216 e. The summed E-state index contributed by atoms with van der Waals surface area (Å²) >= 11 is 5.91. The summed E-state index contributed by atoms with van der Waals surface area (Å²) in [4.78, 5) is 0.0333. The molecule has 4 rings (SSSR count). The summed E-state index contributed by atoms with van der Waals surface area (Å²) in [7, 11) is -4.03. The fourth-order valence-corrected chi connectivity index (χ4v) is 6.54. The maximum atomic E-state index is 14.8. The van der Waals surface area contributed by atoms with E-state index in [-0.39, 0.29) is 29.2 Å². The SMILES string of the molecule is O=S(=O)(c1ccc(Cl)cc1)C1(c2cc(F)ccc2F)CCC(Cc2nnco2)CC1. The lowest BCUT2D eigenvalue weighted by Gasteiger charge is -2.40. The molecule has 1 heterocycles. The van der Waals surface area contributed by atoms with E-state index in [0.717, 1.165) is 18.2 Å². The van der Waals surface area contributed by atoms with Gasteiger partial charge in [-0.1, -0.05) is 11.6 Å². The first-order chi connectivity index (χ1) is 14.3. The second-order valence-electron chi connectivity index (χ2n) is 7.56. The van der Waals surface area contributed by atoms with Gasteiger partial charge in [0.25, 0.3) is 0 Å². The summed E-state index contributed by atoms with van der Waals surface area (Å²) < 4.78 is 60.0. The van der Waals surface area contributed by atoms with Gasteiger partial charge in [0.15, 0.2) is 9.84 Å². The zero-order valence-corrected chi connectivity index (χ0v) is 17.5. The number of rotatable bonds is 5. The molecule has 1 aromatic heterocycles. The van der Waals surface area contributed by atoms with Crippen molar-refractivity contribution >= 4 is 21.4 Å². The third-order valence-electron chi connectivity index (χ3n) is 5.84. The van der Waals surface area contributed by atoms with Crippen LogP contribution in [0.1, 0.15) is 37.1 Å². The Hall–Kier alpha value is -2.32. The van der Waals surface area contributed by atoms with Crippen molar-refractivity contribution < 1.29 is 21.6 Å². The maximum absolute atomic E-state index is 14.8. The quantitative estimate of drug-likeness (QED) is 0.538. The normalized spacial score (nSPS) is 22.2. The van der Waals surface area contributed by atoms with Crippen LogP contribution in [0.25, 0.3) is 0 Å². The molecule has 5 nitrogen and oxygen atoms in total. The highest BCUT2D eigenvalue weighted by atomic mass is 35.5. The summed E-state index contributed by atoms with van der Waals surface area (Å²) in [6.07, 6.45) is 3.04. The van der Waals surface area contributed by atoms with Crippen molar-refractivity contribution in [3.63, 3.8) is 0 Å². The Morgan fingerprint density at radius 2 is 1.80 bits per heavy atom. The van der Waals surface area contributed by atoms with E-state index in [9.17, 15) is 17.2 Å². The molecule has 2 aromatic carbocycles. The van der Waals surface area contributed by atoms with Gasteiger partial charge in [-0.3, -0.25) is 0 Å². The van der Waals surface area contributed by atoms with Crippen molar-refractivity contribution in [3.05, 3.63) is 77.0 Å². The minimum atomic E-state index is -4.03. The van der Waals surface area contributed by atoms with Crippen molar-refractivity contribution in [2.45, 2.75) is 41.7 Å². The third-order valence-corrected chi connectivity index (χ3v) is 8.64. The largest absolute Gasteiger partial charge is 0.428 e. The number of nitrogens with zero attached hydrogens (tertiary/aromatic N) is 2. The van der Waals surface area contributed by atoms with Crippen LogP contribution in [0.4, 0.5) is 8.78 Å². The van der Waals surface area contributed by atoms with E-state index in [1.54, 1.807) is 0 Å². The Balaban J connectivity index is 1.75. The molecule has 1 aliphatic rings. The lowest BCUT2D eigenvalue weighted by Crippen LogP contribution is -2.41. The molecule has 0 saturated heterocycles. The van der Waals surface area contributed by atoms with Gasteiger partial charge in [0.05, 0.1) is 4.90 Å². The predicted octanol–water partition coefficient (Wildman–Crippen LogP) is 5.10. The van der Waals surface area contributed by atoms with Gasteiger partial charge < -0.3 is 4.42 Å². The molecular formula is C21H19ClF2N2O3S. The molecule has 0 radical (unpaired) electrons. The zero-order valence-electron chi connectivity index (χ0n) is 15.9. The Morgan fingerprint density at radius 1 is 1.10 bits per heavy atom. The van der Waals surface area contributed by atoms with E-state index in [1.807, 2.05) is 0 Å². The Kier molecular flexibility index (Phi) is 5.63. The van der Waals surface area contributed by atoms with Crippen molar-refractivity contribution in [2.75, 3.05) is 0 Å². The third kappa shape index (κ3) is 3.74. The summed E-state index contributed by atoms with van der Waals surface area (Å²) in [5.41, 5.74) is -0.131. The van der Waals surface area contributed by atoms with Crippen LogP contribution >= 0.6 is 11.6 Å². The molecule has 30 heavy (non-hydrogen) atoms. The molecule has 1 saturated carbocycles. The van der Waals surface area contributed by atoms with Gasteiger partial charge in [-0.15, -0.1) is 10.2 Å². The average Bonchev–Trinajstić information content (AvgIpc) is 3.24. The van der Waals surface area contributed by atoms with Crippen molar-refractivity contribution in [2.24, 2.45) is 5.92 Å². The molecule has 0 bridgehead atoms. The molecule has 3 aromatic rings. The van der Waals surface area contributed by atoms with Crippen LogP contribution in [0.3, 0.4) is 0 Å². The second kappa shape index (κ2) is 8.07. The van der Waals surface area contributed by atoms with Crippen LogP contribution in [0.2, 0.25) is 5.02 Å². The lowest BCUT2D eigenvalue weighted by molar-refractivity contribution is 0.272. The molecule has 1 aliphatic carbocycles. The minimum Gasteiger partial charge on any atom is -0.428 e. The van der Waals surface area contributed by atoms with Gasteiger partial charge in [-0.05, 0) is 74.1 Å². The lowest BCUT2D eigenvalue weighted by atomic mass is 9.76. The van der Waals surface area contributed by atoms with Gasteiger partial charge >= 0.3 is 0 Å². The van der Waals surface area contributed by atoms with Crippen molar-refractivity contribution in [1.29, 1.82) is 0 Å². The standard InChI is InChI=1S/C21H19ClF2N2O3S/c22-15-1-4-17(5-2-15)30(27,28)21(18-12-16(23)3-6-19(18)24)9-7-14(8-10-21)11-20-26-25-13-29-20/h1-6,12-14H,7-11H2. The van der Waals surface area contributed by atoms with Gasteiger partial charge in [-0.2, -0.15) is 0 Å². The van der Waals surface area contributed by atoms with Crippen LogP contribution in [0.5, 0.6) is 0 Å². The summed E-state index contributed by atoms with van der Waals surface area (Å²) in [5.74, 6) is -0.824. The van der Waals surface area contributed by atoms with Crippen molar-refractivity contribution in [3.8, 4) is 0 Å². The molecule has 0 aliphatic heterocycles. The van der Waals surface area contributed by atoms with Crippen LogP contribution in [-0.4, -0.2) is 18.6 Å². The number of halogens is 3. The number of benzene rings is 2. The van der Waals surface area contributed by atoms with E-state index in [1.165, 1.54) is 30.7 Å². The van der Waals surface area contributed by atoms with Crippen LogP contribution in [0.15, 0.2) is 58.2 Å². The first-order valence-corrected chi connectivity index (χ1v) is 11.4. The van der Waals surface area contributed by atoms with Crippen molar-refractivity contribution in [1.82, 2.24) is 10.2 Å².